The zero-order valence-corrected chi connectivity index (χ0v) is 12.0. The second kappa shape index (κ2) is 6.86. The van der Waals surface area contributed by atoms with Crippen molar-refractivity contribution in [3.8, 4) is 0 Å². The number of primary amides is 1. The maximum absolute atomic E-state index is 11.9. The molecule has 6 heteroatoms. The highest BCUT2D eigenvalue weighted by atomic mass is 16.5. The molecule has 0 aliphatic heterocycles. The Morgan fingerprint density at radius 3 is 2.53 bits per heavy atom. The lowest BCUT2D eigenvalue weighted by molar-refractivity contribution is -0.148. The summed E-state index contributed by atoms with van der Waals surface area (Å²) in [5.74, 6) is -0.614. The zero-order chi connectivity index (χ0) is 14.5. The van der Waals surface area contributed by atoms with Crippen molar-refractivity contribution in [3.05, 3.63) is 0 Å². The van der Waals surface area contributed by atoms with Crippen molar-refractivity contribution in [2.24, 2.45) is 5.73 Å². The lowest BCUT2D eigenvalue weighted by atomic mass is 9.93. The van der Waals surface area contributed by atoms with E-state index >= 15 is 0 Å². The topological polar surface area (TPSA) is 93.4 Å². The Balaban J connectivity index is 2.48. The fourth-order valence-corrected chi connectivity index (χ4v) is 2.23. The van der Waals surface area contributed by atoms with E-state index in [1.807, 2.05) is 6.92 Å². The molecule has 0 aromatic heterocycles. The van der Waals surface area contributed by atoms with Crippen LogP contribution in [0.1, 0.15) is 39.0 Å². The van der Waals surface area contributed by atoms with E-state index in [2.05, 4.69) is 10.6 Å². The van der Waals surface area contributed by atoms with Crippen LogP contribution in [0.4, 0.5) is 0 Å². The minimum absolute atomic E-state index is 0.250. The third-order valence-electron chi connectivity index (χ3n) is 3.60. The van der Waals surface area contributed by atoms with Gasteiger partial charge in [-0.15, -0.1) is 0 Å². The molecule has 1 amide bonds. The van der Waals surface area contributed by atoms with Gasteiger partial charge in [-0.25, -0.2) is 0 Å². The summed E-state index contributed by atoms with van der Waals surface area (Å²) in [6.07, 6.45) is 4.17. The summed E-state index contributed by atoms with van der Waals surface area (Å²) in [6.45, 7) is 1.86. The van der Waals surface area contributed by atoms with Crippen LogP contribution >= 0.6 is 0 Å². The fraction of sp³-hybridized carbons (Fsp3) is 0.846. The van der Waals surface area contributed by atoms with Crippen molar-refractivity contribution in [3.63, 3.8) is 0 Å². The minimum Gasteiger partial charge on any atom is -0.468 e. The number of likely N-dealkylation sites (N-methyl/N-ethyl adjacent to an activating group) is 1. The predicted octanol–water partition coefficient (Wildman–Crippen LogP) is -0.0863. The van der Waals surface area contributed by atoms with Gasteiger partial charge < -0.3 is 15.8 Å². The van der Waals surface area contributed by atoms with Crippen molar-refractivity contribution in [1.29, 1.82) is 0 Å². The smallest absolute Gasteiger partial charge is 0.325 e. The van der Waals surface area contributed by atoms with Gasteiger partial charge in [0.1, 0.15) is 5.54 Å². The highest BCUT2D eigenvalue weighted by molar-refractivity contribution is 5.80. The molecule has 0 aromatic rings. The average molecular weight is 271 g/mol. The molecule has 0 radical (unpaired) electrons. The fourth-order valence-electron chi connectivity index (χ4n) is 2.23. The van der Waals surface area contributed by atoms with E-state index in [4.69, 9.17) is 10.5 Å². The molecule has 1 saturated carbocycles. The third kappa shape index (κ3) is 4.80. The average Bonchev–Trinajstić information content (AvgIpc) is 3.16. The number of methoxy groups -OCH3 is 1. The van der Waals surface area contributed by atoms with Crippen LogP contribution in [0.2, 0.25) is 0 Å². The highest BCUT2D eigenvalue weighted by Crippen LogP contribution is 2.26. The van der Waals surface area contributed by atoms with Gasteiger partial charge in [0.05, 0.1) is 13.2 Å². The molecule has 110 valence electrons. The number of carbonyl (C=O) groups excluding carboxylic acids is 2. The molecule has 19 heavy (non-hydrogen) atoms. The van der Waals surface area contributed by atoms with E-state index in [0.717, 1.165) is 19.3 Å². The first-order valence-electron chi connectivity index (χ1n) is 6.75. The van der Waals surface area contributed by atoms with Crippen molar-refractivity contribution >= 4 is 11.9 Å². The lowest BCUT2D eigenvalue weighted by Crippen LogP contribution is -2.51. The van der Waals surface area contributed by atoms with Crippen LogP contribution in [-0.4, -0.2) is 43.7 Å². The van der Waals surface area contributed by atoms with Gasteiger partial charge in [-0.05, 0) is 46.1 Å². The third-order valence-corrected chi connectivity index (χ3v) is 3.60. The van der Waals surface area contributed by atoms with Crippen LogP contribution in [0.25, 0.3) is 0 Å². The second-order valence-corrected chi connectivity index (χ2v) is 5.38. The molecular formula is C13H25N3O3. The number of hydrogen-bond acceptors (Lipinski definition) is 5. The molecular weight excluding hydrogens is 246 g/mol. The minimum atomic E-state index is -0.675. The molecule has 1 fully saturated rings. The normalized spacial score (nSPS) is 19.5. The molecule has 2 unspecified atom stereocenters. The van der Waals surface area contributed by atoms with E-state index in [1.165, 1.54) is 7.11 Å². The number of ether oxygens (including phenoxy) is 1. The number of nitrogens with two attached hydrogens (primary N) is 1. The van der Waals surface area contributed by atoms with Crippen LogP contribution in [0.15, 0.2) is 0 Å². The summed E-state index contributed by atoms with van der Waals surface area (Å²) < 4.78 is 4.87. The molecule has 0 bridgehead atoms. The number of nitrogens with one attached hydrogen (secondary N) is 2. The van der Waals surface area contributed by atoms with Gasteiger partial charge in [0.25, 0.3) is 0 Å². The standard InChI is InChI=1S/C13H25N3O3/c1-13(12(18)19-3,16-9-6-7-9)8-4-5-10(15-2)11(14)17/h9-10,15-16H,4-8H2,1-3H3,(H2,14,17). The number of carbonyl (C=O) groups is 2. The molecule has 0 aromatic carbocycles. The quantitative estimate of drug-likeness (QED) is 0.510. The summed E-state index contributed by atoms with van der Waals surface area (Å²) in [7, 11) is 3.10. The first-order chi connectivity index (χ1) is 8.92. The Morgan fingerprint density at radius 2 is 2.11 bits per heavy atom. The highest BCUT2D eigenvalue weighted by Gasteiger charge is 2.39. The second-order valence-electron chi connectivity index (χ2n) is 5.38. The first-order valence-corrected chi connectivity index (χ1v) is 6.75. The molecule has 0 heterocycles. The molecule has 1 aliphatic carbocycles. The summed E-state index contributed by atoms with van der Waals surface area (Å²) >= 11 is 0. The molecule has 1 rings (SSSR count). The van der Waals surface area contributed by atoms with Crippen molar-refractivity contribution in [1.82, 2.24) is 10.6 Å². The molecule has 1 aliphatic rings. The largest absolute Gasteiger partial charge is 0.468 e. The monoisotopic (exact) mass is 271 g/mol. The van der Waals surface area contributed by atoms with Gasteiger partial charge in [0.15, 0.2) is 0 Å². The summed E-state index contributed by atoms with van der Waals surface area (Å²) in [6, 6.07) is 0.0724. The van der Waals surface area contributed by atoms with Gasteiger partial charge >= 0.3 is 5.97 Å². The van der Waals surface area contributed by atoms with Gasteiger partial charge in [-0.3, -0.25) is 14.9 Å². The van der Waals surface area contributed by atoms with Gasteiger partial charge in [0.2, 0.25) is 5.91 Å². The van der Waals surface area contributed by atoms with Crippen molar-refractivity contribution < 1.29 is 14.3 Å². The molecule has 2 atom stereocenters. The molecule has 4 N–H and O–H groups in total. The van der Waals surface area contributed by atoms with Gasteiger partial charge in [-0.1, -0.05) is 0 Å². The van der Waals surface area contributed by atoms with Crippen LogP contribution in [-0.2, 0) is 14.3 Å². The van der Waals surface area contributed by atoms with E-state index in [-0.39, 0.29) is 17.9 Å². The Labute approximate surface area is 114 Å². The van der Waals surface area contributed by atoms with Crippen molar-refractivity contribution in [2.75, 3.05) is 14.2 Å². The number of hydrogen-bond donors (Lipinski definition) is 3. The Bertz CT molecular complexity index is 331. The SMILES string of the molecule is CNC(CCCC(C)(NC1CC1)C(=O)OC)C(N)=O. The van der Waals surface area contributed by atoms with Crippen molar-refractivity contribution in [2.45, 2.75) is 56.7 Å². The number of rotatable bonds is 9. The lowest BCUT2D eigenvalue weighted by Gasteiger charge is -2.28. The predicted molar refractivity (Wildman–Crippen MR) is 72.5 cm³/mol. The maximum atomic E-state index is 11.9. The summed E-state index contributed by atoms with van der Waals surface area (Å²) in [5, 5.41) is 6.20. The van der Waals surface area contributed by atoms with Gasteiger partial charge in [-0.2, -0.15) is 0 Å². The van der Waals surface area contributed by atoms with Crippen LogP contribution < -0.4 is 16.4 Å². The van der Waals surface area contributed by atoms with Gasteiger partial charge in [0, 0.05) is 6.04 Å². The zero-order valence-electron chi connectivity index (χ0n) is 12.0. The molecule has 0 spiro atoms. The molecule has 6 nitrogen and oxygen atoms in total. The van der Waals surface area contributed by atoms with E-state index < -0.39 is 5.54 Å². The van der Waals surface area contributed by atoms with Crippen LogP contribution in [0.5, 0.6) is 0 Å². The number of esters is 1. The van der Waals surface area contributed by atoms with E-state index in [9.17, 15) is 9.59 Å². The Hall–Kier alpha value is -1.14. The summed E-state index contributed by atoms with van der Waals surface area (Å²) in [4.78, 5) is 23.0. The van der Waals surface area contributed by atoms with Crippen LogP contribution in [0, 0.1) is 0 Å². The first kappa shape index (κ1) is 15.9. The number of amides is 1. The maximum Gasteiger partial charge on any atom is 0.325 e. The van der Waals surface area contributed by atoms with E-state index in [0.29, 0.717) is 18.9 Å². The van der Waals surface area contributed by atoms with Crippen LogP contribution in [0.3, 0.4) is 0 Å². The summed E-state index contributed by atoms with van der Waals surface area (Å²) in [5.41, 5.74) is 4.59. The molecule has 0 saturated heterocycles. The Kier molecular flexibility index (Phi) is 5.75. The van der Waals surface area contributed by atoms with E-state index in [1.54, 1.807) is 7.05 Å². The Morgan fingerprint density at radius 1 is 1.47 bits per heavy atom.